The Morgan fingerprint density at radius 2 is 2.12 bits per heavy atom. The molecule has 0 aliphatic carbocycles. The zero-order valence-electron chi connectivity index (χ0n) is 8.98. The Labute approximate surface area is 98.8 Å². The average molecular weight is 245 g/mol. The van der Waals surface area contributed by atoms with Crippen molar-refractivity contribution in [2.45, 2.75) is 19.8 Å². The van der Waals surface area contributed by atoms with Gasteiger partial charge in [-0.3, -0.25) is 0 Å². The molecule has 16 heavy (non-hydrogen) atoms. The molecule has 0 N–H and O–H groups in total. The maximum absolute atomic E-state index is 11.1. The fourth-order valence-corrected chi connectivity index (χ4v) is 0.987. The molecule has 1 rings (SSSR count). The summed E-state index contributed by atoms with van der Waals surface area (Å²) in [6.45, 7) is 2.31. The number of unbranched alkanes of at least 4 members (excludes halogenated alkanes) is 1. The molecule has 0 aliphatic heterocycles. The number of hydrogen-bond acceptors (Lipinski definition) is 5. The summed E-state index contributed by atoms with van der Waals surface area (Å²) in [6, 6.07) is 0. The number of hydrogen-bond donors (Lipinski definition) is 0. The molecule has 88 valence electrons. The number of aromatic nitrogens is 2. The van der Waals surface area contributed by atoms with Crippen molar-refractivity contribution >= 4 is 17.6 Å². The number of halogens is 1. The zero-order chi connectivity index (χ0) is 11.8. The molecule has 0 saturated carbocycles. The van der Waals surface area contributed by atoms with Crippen molar-refractivity contribution in [1.29, 1.82) is 0 Å². The Hall–Kier alpha value is -1.36. The van der Waals surface area contributed by atoms with Crippen molar-refractivity contribution in [1.82, 2.24) is 9.97 Å². The van der Waals surface area contributed by atoms with E-state index in [1.165, 1.54) is 12.4 Å². The van der Waals surface area contributed by atoms with Crippen LogP contribution in [-0.2, 0) is 9.53 Å². The van der Waals surface area contributed by atoms with Gasteiger partial charge in [0.1, 0.15) is 0 Å². The normalized spacial score (nSPS) is 9.88. The lowest BCUT2D eigenvalue weighted by atomic mass is 10.4. The fraction of sp³-hybridized carbons (Fsp3) is 0.500. The molecule has 0 radical (unpaired) electrons. The minimum Gasteiger partial charge on any atom is -0.479 e. The number of ether oxygens (including phenoxy) is 2. The van der Waals surface area contributed by atoms with Crippen LogP contribution in [0.5, 0.6) is 5.75 Å². The van der Waals surface area contributed by atoms with Gasteiger partial charge >= 0.3 is 5.97 Å². The predicted molar refractivity (Wildman–Crippen MR) is 58.4 cm³/mol. The molecule has 0 spiro atoms. The van der Waals surface area contributed by atoms with Gasteiger partial charge in [-0.2, -0.15) is 0 Å². The highest BCUT2D eigenvalue weighted by Crippen LogP contribution is 2.08. The van der Waals surface area contributed by atoms with Gasteiger partial charge in [-0.05, 0) is 18.0 Å². The van der Waals surface area contributed by atoms with Crippen molar-refractivity contribution in [2.24, 2.45) is 0 Å². The third kappa shape index (κ3) is 4.93. The van der Waals surface area contributed by atoms with Crippen LogP contribution >= 0.6 is 11.6 Å². The van der Waals surface area contributed by atoms with Gasteiger partial charge in [0.25, 0.3) is 0 Å². The number of nitrogens with zero attached hydrogens (tertiary/aromatic N) is 2. The van der Waals surface area contributed by atoms with Crippen molar-refractivity contribution < 1.29 is 14.3 Å². The van der Waals surface area contributed by atoms with Gasteiger partial charge in [0.05, 0.1) is 19.0 Å². The highest BCUT2D eigenvalue weighted by molar-refractivity contribution is 6.28. The first-order valence-electron chi connectivity index (χ1n) is 4.98. The lowest BCUT2D eigenvalue weighted by molar-refractivity contribution is -0.146. The SMILES string of the molecule is CCCCOC(=O)COc1cnc(Cl)nc1. The quantitative estimate of drug-likeness (QED) is 0.434. The van der Waals surface area contributed by atoms with Crippen LogP contribution in [-0.4, -0.2) is 29.2 Å². The summed E-state index contributed by atoms with van der Waals surface area (Å²) in [4.78, 5) is 18.6. The van der Waals surface area contributed by atoms with E-state index in [0.717, 1.165) is 12.8 Å². The molecule has 1 aromatic rings. The molecule has 0 amide bonds. The van der Waals surface area contributed by atoms with Crippen LogP contribution in [0.15, 0.2) is 12.4 Å². The first kappa shape index (κ1) is 12.7. The van der Waals surface area contributed by atoms with Gasteiger partial charge in [-0.1, -0.05) is 13.3 Å². The molecular weight excluding hydrogens is 232 g/mol. The molecular formula is C10H13ClN2O3. The van der Waals surface area contributed by atoms with Crippen LogP contribution in [0.25, 0.3) is 0 Å². The van der Waals surface area contributed by atoms with E-state index >= 15 is 0 Å². The van der Waals surface area contributed by atoms with E-state index in [4.69, 9.17) is 21.1 Å². The second-order valence-electron chi connectivity index (χ2n) is 3.05. The predicted octanol–water partition coefficient (Wildman–Crippen LogP) is 1.85. The van der Waals surface area contributed by atoms with Crippen molar-refractivity contribution in [3.63, 3.8) is 0 Å². The standard InChI is InChI=1S/C10H13ClN2O3/c1-2-3-4-15-9(14)7-16-8-5-12-10(11)13-6-8/h5-6H,2-4,7H2,1H3. The van der Waals surface area contributed by atoms with Crippen LogP contribution in [0.4, 0.5) is 0 Å². The second-order valence-corrected chi connectivity index (χ2v) is 3.39. The van der Waals surface area contributed by atoms with Crippen LogP contribution in [0.2, 0.25) is 5.28 Å². The summed E-state index contributed by atoms with van der Waals surface area (Å²) in [6.07, 6.45) is 4.64. The maximum Gasteiger partial charge on any atom is 0.344 e. The van der Waals surface area contributed by atoms with Crippen LogP contribution in [0, 0.1) is 0 Å². The summed E-state index contributed by atoms with van der Waals surface area (Å²) >= 11 is 5.49. The summed E-state index contributed by atoms with van der Waals surface area (Å²) < 4.78 is 9.99. The van der Waals surface area contributed by atoms with Crippen LogP contribution in [0.1, 0.15) is 19.8 Å². The molecule has 6 heteroatoms. The highest BCUT2D eigenvalue weighted by Gasteiger charge is 2.04. The second kappa shape index (κ2) is 7.00. The zero-order valence-corrected chi connectivity index (χ0v) is 9.74. The monoisotopic (exact) mass is 244 g/mol. The smallest absolute Gasteiger partial charge is 0.344 e. The summed E-state index contributed by atoms with van der Waals surface area (Å²) in [5.74, 6) is -0.0137. The van der Waals surface area contributed by atoms with Gasteiger partial charge in [-0.25, -0.2) is 14.8 Å². The van der Waals surface area contributed by atoms with E-state index < -0.39 is 5.97 Å². The maximum atomic E-state index is 11.1. The Balaban J connectivity index is 2.23. The minimum atomic E-state index is -0.400. The molecule has 0 aliphatic rings. The van der Waals surface area contributed by atoms with Crippen molar-refractivity contribution in [2.75, 3.05) is 13.2 Å². The molecule has 5 nitrogen and oxygen atoms in total. The first-order valence-corrected chi connectivity index (χ1v) is 5.36. The minimum absolute atomic E-state index is 0.137. The van der Waals surface area contributed by atoms with Crippen LogP contribution < -0.4 is 4.74 Å². The molecule has 0 atom stereocenters. The van der Waals surface area contributed by atoms with E-state index in [1.807, 2.05) is 6.92 Å². The third-order valence-electron chi connectivity index (χ3n) is 1.71. The first-order chi connectivity index (χ1) is 7.72. The number of esters is 1. The number of rotatable bonds is 6. The molecule has 0 bridgehead atoms. The van der Waals surface area contributed by atoms with E-state index in [9.17, 15) is 4.79 Å². The molecule has 0 fully saturated rings. The summed E-state index contributed by atoms with van der Waals surface area (Å²) in [5, 5.41) is 0.137. The number of carbonyl (C=O) groups excluding carboxylic acids is 1. The van der Waals surface area contributed by atoms with Gasteiger partial charge in [0, 0.05) is 0 Å². The highest BCUT2D eigenvalue weighted by atomic mass is 35.5. The van der Waals surface area contributed by atoms with Gasteiger partial charge in [0.2, 0.25) is 5.28 Å². The van der Waals surface area contributed by atoms with Gasteiger partial charge in [0.15, 0.2) is 12.4 Å². The topological polar surface area (TPSA) is 61.3 Å². The van der Waals surface area contributed by atoms with Crippen molar-refractivity contribution in [3.05, 3.63) is 17.7 Å². The molecule has 1 heterocycles. The molecule has 1 aromatic heterocycles. The Morgan fingerprint density at radius 1 is 1.44 bits per heavy atom. The lowest BCUT2D eigenvalue weighted by Gasteiger charge is -2.05. The Bertz CT molecular complexity index is 329. The van der Waals surface area contributed by atoms with E-state index in [1.54, 1.807) is 0 Å². The number of carbonyl (C=O) groups is 1. The van der Waals surface area contributed by atoms with E-state index in [0.29, 0.717) is 12.4 Å². The Kier molecular flexibility index (Phi) is 5.56. The fourth-order valence-electron chi connectivity index (χ4n) is 0.889. The van der Waals surface area contributed by atoms with Crippen molar-refractivity contribution in [3.8, 4) is 5.75 Å². The molecule has 0 unspecified atom stereocenters. The van der Waals surface area contributed by atoms with Gasteiger partial charge in [-0.15, -0.1) is 0 Å². The van der Waals surface area contributed by atoms with Crippen LogP contribution in [0.3, 0.4) is 0 Å². The van der Waals surface area contributed by atoms with E-state index in [-0.39, 0.29) is 11.9 Å². The van der Waals surface area contributed by atoms with E-state index in [2.05, 4.69) is 9.97 Å². The largest absolute Gasteiger partial charge is 0.479 e. The average Bonchev–Trinajstić information content (AvgIpc) is 2.29. The molecule has 0 aromatic carbocycles. The lowest BCUT2D eigenvalue weighted by Crippen LogP contribution is -2.15. The third-order valence-corrected chi connectivity index (χ3v) is 1.91. The summed E-state index contributed by atoms with van der Waals surface area (Å²) in [5.41, 5.74) is 0. The summed E-state index contributed by atoms with van der Waals surface area (Å²) in [7, 11) is 0. The van der Waals surface area contributed by atoms with Gasteiger partial charge < -0.3 is 9.47 Å². The molecule has 0 saturated heterocycles. The Morgan fingerprint density at radius 3 is 2.75 bits per heavy atom.